The van der Waals surface area contributed by atoms with Crippen LogP contribution >= 0.6 is 0 Å². The zero-order valence-corrected chi connectivity index (χ0v) is 13.1. The van der Waals surface area contributed by atoms with Gasteiger partial charge in [-0.15, -0.1) is 0 Å². The lowest BCUT2D eigenvalue weighted by Crippen LogP contribution is -2.35. The number of rotatable bonds is 4. The molecule has 1 N–H and O–H groups in total. The molecule has 0 amide bonds. The average molecular weight is 284 g/mol. The van der Waals surface area contributed by atoms with Crippen molar-refractivity contribution in [2.75, 3.05) is 0 Å². The van der Waals surface area contributed by atoms with Crippen LogP contribution in [0.2, 0.25) is 0 Å². The number of para-hydroxylation sites is 1. The van der Waals surface area contributed by atoms with E-state index in [1.807, 2.05) is 6.07 Å². The van der Waals surface area contributed by atoms with Gasteiger partial charge in [-0.3, -0.25) is 0 Å². The van der Waals surface area contributed by atoms with Gasteiger partial charge in [0.15, 0.2) is 0 Å². The Morgan fingerprint density at radius 1 is 1.24 bits per heavy atom. The third-order valence-electron chi connectivity index (χ3n) is 3.93. The van der Waals surface area contributed by atoms with Gasteiger partial charge in [0.1, 0.15) is 6.10 Å². The Bertz CT molecular complexity index is 627. The van der Waals surface area contributed by atoms with E-state index >= 15 is 0 Å². The fourth-order valence-corrected chi connectivity index (χ4v) is 2.45. The maximum atomic E-state index is 5.99. The van der Waals surface area contributed by atoms with Crippen molar-refractivity contribution in [3.63, 3.8) is 0 Å². The molecule has 2 aromatic rings. The van der Waals surface area contributed by atoms with E-state index in [0.717, 1.165) is 30.8 Å². The van der Waals surface area contributed by atoms with Crippen LogP contribution in [0.15, 0.2) is 30.3 Å². The SMILES string of the molecule is CC(C)(C)NCc1cc(OC2CCC2)nc2ccccc12. The van der Waals surface area contributed by atoms with E-state index in [1.54, 1.807) is 0 Å². The van der Waals surface area contributed by atoms with Crippen LogP contribution in [0, 0.1) is 0 Å². The second kappa shape index (κ2) is 5.64. The number of ether oxygens (including phenoxy) is 1. The molecule has 1 aromatic carbocycles. The topological polar surface area (TPSA) is 34.1 Å². The highest BCUT2D eigenvalue weighted by atomic mass is 16.5. The van der Waals surface area contributed by atoms with Crippen molar-refractivity contribution >= 4 is 10.9 Å². The molecule has 1 fully saturated rings. The van der Waals surface area contributed by atoms with E-state index in [0.29, 0.717) is 6.10 Å². The van der Waals surface area contributed by atoms with Gasteiger partial charge in [0.05, 0.1) is 5.52 Å². The number of nitrogens with one attached hydrogen (secondary N) is 1. The van der Waals surface area contributed by atoms with Crippen LogP contribution in [-0.2, 0) is 6.54 Å². The van der Waals surface area contributed by atoms with Crippen LogP contribution in [0.1, 0.15) is 45.6 Å². The van der Waals surface area contributed by atoms with Gasteiger partial charge in [0.2, 0.25) is 5.88 Å². The Labute approximate surface area is 126 Å². The molecule has 0 atom stereocenters. The van der Waals surface area contributed by atoms with Gasteiger partial charge < -0.3 is 10.1 Å². The molecule has 112 valence electrons. The average Bonchev–Trinajstić information content (AvgIpc) is 2.39. The molecule has 0 radical (unpaired) electrons. The van der Waals surface area contributed by atoms with Crippen molar-refractivity contribution in [2.24, 2.45) is 0 Å². The van der Waals surface area contributed by atoms with E-state index in [1.165, 1.54) is 17.4 Å². The first kappa shape index (κ1) is 14.3. The van der Waals surface area contributed by atoms with Crippen LogP contribution in [-0.4, -0.2) is 16.6 Å². The molecule has 1 heterocycles. The molecular formula is C18H24N2O. The largest absolute Gasteiger partial charge is 0.474 e. The number of hydrogen-bond acceptors (Lipinski definition) is 3. The molecule has 0 saturated heterocycles. The molecule has 0 spiro atoms. The fraction of sp³-hybridized carbons (Fsp3) is 0.500. The molecule has 0 bridgehead atoms. The maximum Gasteiger partial charge on any atom is 0.214 e. The van der Waals surface area contributed by atoms with Gasteiger partial charge in [0.25, 0.3) is 0 Å². The van der Waals surface area contributed by atoms with Gasteiger partial charge in [0, 0.05) is 23.5 Å². The second-order valence-corrected chi connectivity index (χ2v) is 6.91. The predicted molar refractivity (Wildman–Crippen MR) is 86.6 cm³/mol. The summed E-state index contributed by atoms with van der Waals surface area (Å²) in [4.78, 5) is 4.65. The first-order chi connectivity index (χ1) is 10.0. The summed E-state index contributed by atoms with van der Waals surface area (Å²) in [5.74, 6) is 0.768. The summed E-state index contributed by atoms with van der Waals surface area (Å²) in [6.07, 6.45) is 3.95. The minimum atomic E-state index is 0.0966. The monoisotopic (exact) mass is 284 g/mol. The number of aromatic nitrogens is 1. The smallest absolute Gasteiger partial charge is 0.214 e. The van der Waals surface area contributed by atoms with E-state index < -0.39 is 0 Å². The van der Waals surface area contributed by atoms with Crippen molar-refractivity contribution in [3.8, 4) is 5.88 Å². The molecule has 1 saturated carbocycles. The van der Waals surface area contributed by atoms with Gasteiger partial charge in [-0.2, -0.15) is 0 Å². The quantitative estimate of drug-likeness (QED) is 0.919. The van der Waals surface area contributed by atoms with E-state index in [2.05, 4.69) is 55.3 Å². The van der Waals surface area contributed by atoms with Gasteiger partial charge >= 0.3 is 0 Å². The summed E-state index contributed by atoms with van der Waals surface area (Å²) in [6, 6.07) is 10.4. The molecule has 3 nitrogen and oxygen atoms in total. The summed E-state index contributed by atoms with van der Waals surface area (Å²) in [5, 5.41) is 4.76. The van der Waals surface area contributed by atoms with Crippen LogP contribution in [0.3, 0.4) is 0 Å². The highest BCUT2D eigenvalue weighted by Gasteiger charge is 2.20. The number of pyridine rings is 1. The van der Waals surface area contributed by atoms with Crippen molar-refractivity contribution in [1.29, 1.82) is 0 Å². The van der Waals surface area contributed by atoms with Gasteiger partial charge in [-0.1, -0.05) is 18.2 Å². The molecule has 1 aliphatic rings. The standard InChI is InChI=1S/C18H24N2O/c1-18(2,3)19-12-13-11-17(21-14-7-6-8-14)20-16-10-5-4-9-15(13)16/h4-5,9-11,14,19H,6-8,12H2,1-3H3. The highest BCUT2D eigenvalue weighted by Crippen LogP contribution is 2.27. The van der Waals surface area contributed by atoms with E-state index in [4.69, 9.17) is 4.74 Å². The fourth-order valence-electron chi connectivity index (χ4n) is 2.45. The molecule has 3 heteroatoms. The molecule has 0 aliphatic heterocycles. The van der Waals surface area contributed by atoms with Crippen molar-refractivity contribution < 1.29 is 4.74 Å². The van der Waals surface area contributed by atoms with Crippen LogP contribution < -0.4 is 10.1 Å². The third-order valence-corrected chi connectivity index (χ3v) is 3.93. The summed E-state index contributed by atoms with van der Waals surface area (Å²) in [5.41, 5.74) is 2.37. The van der Waals surface area contributed by atoms with Crippen LogP contribution in [0.4, 0.5) is 0 Å². The Hall–Kier alpha value is -1.61. The first-order valence-corrected chi connectivity index (χ1v) is 7.82. The Balaban J connectivity index is 1.90. The maximum absolute atomic E-state index is 5.99. The number of benzene rings is 1. The lowest BCUT2D eigenvalue weighted by Gasteiger charge is -2.26. The number of fused-ring (bicyclic) bond motifs is 1. The van der Waals surface area contributed by atoms with Gasteiger partial charge in [-0.25, -0.2) is 4.98 Å². The second-order valence-electron chi connectivity index (χ2n) is 6.91. The van der Waals surface area contributed by atoms with E-state index in [9.17, 15) is 0 Å². The zero-order chi connectivity index (χ0) is 14.9. The summed E-state index contributed by atoms with van der Waals surface area (Å²) in [6.45, 7) is 7.38. The zero-order valence-electron chi connectivity index (χ0n) is 13.1. The molecule has 0 unspecified atom stereocenters. The Morgan fingerprint density at radius 3 is 2.67 bits per heavy atom. The van der Waals surface area contributed by atoms with Crippen LogP contribution in [0.5, 0.6) is 5.88 Å². The molecule has 1 aromatic heterocycles. The normalized spacial score (nSPS) is 16.0. The van der Waals surface area contributed by atoms with Crippen molar-refractivity contribution in [1.82, 2.24) is 10.3 Å². The Kier molecular flexibility index (Phi) is 3.85. The van der Waals surface area contributed by atoms with Crippen molar-refractivity contribution in [3.05, 3.63) is 35.9 Å². The predicted octanol–water partition coefficient (Wildman–Crippen LogP) is 4.05. The number of nitrogens with zero attached hydrogens (tertiary/aromatic N) is 1. The molecule has 1 aliphatic carbocycles. The lowest BCUT2D eigenvalue weighted by atomic mass is 9.96. The van der Waals surface area contributed by atoms with Crippen molar-refractivity contribution in [2.45, 2.75) is 58.2 Å². The molecular weight excluding hydrogens is 260 g/mol. The van der Waals surface area contributed by atoms with Crippen LogP contribution in [0.25, 0.3) is 10.9 Å². The first-order valence-electron chi connectivity index (χ1n) is 7.82. The number of hydrogen-bond donors (Lipinski definition) is 1. The Morgan fingerprint density at radius 2 is 2.00 bits per heavy atom. The lowest BCUT2D eigenvalue weighted by molar-refractivity contribution is 0.115. The molecule has 21 heavy (non-hydrogen) atoms. The summed E-state index contributed by atoms with van der Waals surface area (Å²) in [7, 11) is 0. The summed E-state index contributed by atoms with van der Waals surface area (Å²) < 4.78 is 5.99. The minimum absolute atomic E-state index is 0.0966. The third kappa shape index (κ3) is 3.53. The molecule has 3 rings (SSSR count). The highest BCUT2D eigenvalue weighted by molar-refractivity contribution is 5.82. The summed E-state index contributed by atoms with van der Waals surface area (Å²) >= 11 is 0. The van der Waals surface area contributed by atoms with Gasteiger partial charge in [-0.05, 0) is 51.7 Å². The van der Waals surface area contributed by atoms with E-state index in [-0.39, 0.29) is 5.54 Å². The minimum Gasteiger partial charge on any atom is -0.474 e.